The molecule has 3 heteroatoms. The second-order valence-corrected chi connectivity index (χ2v) is 4.40. The van der Waals surface area contributed by atoms with E-state index in [9.17, 15) is 9.59 Å². The number of ketones is 1. The average Bonchev–Trinajstić information content (AvgIpc) is 2.39. The van der Waals surface area contributed by atoms with E-state index < -0.39 is 5.97 Å². The Morgan fingerprint density at radius 3 is 1.79 bits per heavy atom. The quantitative estimate of drug-likeness (QED) is 0.852. The van der Waals surface area contributed by atoms with Gasteiger partial charge in [0, 0.05) is 5.56 Å². The van der Waals surface area contributed by atoms with Crippen molar-refractivity contribution in [1.82, 2.24) is 0 Å². The Hall–Kier alpha value is -2.42. The Labute approximate surface area is 111 Å². The third-order valence-electron chi connectivity index (χ3n) is 2.93. The van der Waals surface area contributed by atoms with E-state index >= 15 is 0 Å². The van der Waals surface area contributed by atoms with Crippen LogP contribution >= 0.6 is 0 Å². The van der Waals surface area contributed by atoms with Crippen LogP contribution in [-0.4, -0.2) is 16.9 Å². The Morgan fingerprint density at radius 1 is 0.895 bits per heavy atom. The molecular formula is C16H14O3. The summed E-state index contributed by atoms with van der Waals surface area (Å²) in [6, 6.07) is 14.8. The molecule has 0 atom stereocenters. The summed E-state index contributed by atoms with van der Waals surface area (Å²) in [5.74, 6) is -0.790. The third kappa shape index (κ3) is 3.28. The smallest absolute Gasteiger partial charge is 0.307 e. The molecule has 0 bridgehead atoms. The molecule has 0 aromatic heterocycles. The summed E-state index contributed by atoms with van der Waals surface area (Å²) < 4.78 is 0. The predicted octanol–water partition coefficient (Wildman–Crippen LogP) is 3.18. The van der Waals surface area contributed by atoms with Gasteiger partial charge in [0.1, 0.15) is 0 Å². The molecule has 0 fully saturated rings. The summed E-state index contributed by atoms with van der Waals surface area (Å²) in [4.78, 5) is 21.8. The first-order valence-electron chi connectivity index (χ1n) is 5.98. The molecule has 0 unspecified atom stereocenters. The van der Waals surface area contributed by atoms with Crippen LogP contribution in [0.3, 0.4) is 0 Å². The van der Waals surface area contributed by atoms with Gasteiger partial charge in [-0.05, 0) is 23.6 Å². The number of carboxylic acid groups (broad SMARTS) is 1. The molecule has 0 saturated heterocycles. The molecule has 2 aromatic carbocycles. The lowest BCUT2D eigenvalue weighted by Crippen LogP contribution is -1.99. The molecule has 0 radical (unpaired) electrons. The van der Waals surface area contributed by atoms with Gasteiger partial charge in [0.05, 0.1) is 6.42 Å². The van der Waals surface area contributed by atoms with Crippen LogP contribution in [-0.2, 0) is 11.2 Å². The highest BCUT2D eigenvalue weighted by Crippen LogP contribution is 2.20. The van der Waals surface area contributed by atoms with Crippen LogP contribution < -0.4 is 0 Å². The second-order valence-electron chi connectivity index (χ2n) is 4.40. The topological polar surface area (TPSA) is 54.4 Å². The molecule has 2 aromatic rings. The lowest BCUT2D eigenvalue weighted by Gasteiger charge is -2.04. The van der Waals surface area contributed by atoms with Gasteiger partial charge in [-0.25, -0.2) is 0 Å². The Bertz CT molecular complexity index is 595. The minimum Gasteiger partial charge on any atom is -0.481 e. The minimum atomic E-state index is -0.835. The number of Topliss-reactive ketones (excluding diaryl/α,β-unsaturated/α-hetero) is 1. The van der Waals surface area contributed by atoms with Gasteiger partial charge >= 0.3 is 5.97 Å². The summed E-state index contributed by atoms with van der Waals surface area (Å²) in [6.45, 7) is 1.54. The summed E-state index contributed by atoms with van der Waals surface area (Å²) in [5, 5.41) is 8.70. The molecule has 3 nitrogen and oxygen atoms in total. The van der Waals surface area contributed by atoms with Crippen molar-refractivity contribution in [1.29, 1.82) is 0 Å². The van der Waals surface area contributed by atoms with E-state index in [0.29, 0.717) is 5.56 Å². The fourth-order valence-corrected chi connectivity index (χ4v) is 1.89. The first-order valence-corrected chi connectivity index (χ1v) is 5.98. The monoisotopic (exact) mass is 254 g/mol. The van der Waals surface area contributed by atoms with Crippen molar-refractivity contribution in [3.05, 3.63) is 59.7 Å². The van der Waals surface area contributed by atoms with E-state index in [2.05, 4.69) is 0 Å². The highest BCUT2D eigenvalue weighted by Gasteiger charge is 2.03. The zero-order valence-electron chi connectivity index (χ0n) is 10.6. The highest BCUT2D eigenvalue weighted by molar-refractivity contribution is 5.94. The van der Waals surface area contributed by atoms with Crippen molar-refractivity contribution in [2.45, 2.75) is 13.3 Å². The number of benzene rings is 2. The molecule has 96 valence electrons. The maximum atomic E-state index is 11.2. The summed E-state index contributed by atoms with van der Waals surface area (Å²) in [5.41, 5.74) is 3.47. The maximum absolute atomic E-state index is 11.2. The van der Waals surface area contributed by atoms with Gasteiger partial charge in [-0.2, -0.15) is 0 Å². The van der Waals surface area contributed by atoms with E-state index in [4.69, 9.17) is 5.11 Å². The van der Waals surface area contributed by atoms with Crippen molar-refractivity contribution in [3.8, 4) is 11.1 Å². The molecule has 19 heavy (non-hydrogen) atoms. The van der Waals surface area contributed by atoms with Gasteiger partial charge in [-0.15, -0.1) is 0 Å². The molecule has 1 N–H and O–H groups in total. The van der Waals surface area contributed by atoms with E-state index in [1.165, 1.54) is 6.92 Å². The first kappa shape index (κ1) is 13.0. The molecule has 0 spiro atoms. The van der Waals surface area contributed by atoms with Crippen LogP contribution in [0.2, 0.25) is 0 Å². The van der Waals surface area contributed by atoms with Crippen LogP contribution in [0.5, 0.6) is 0 Å². The van der Waals surface area contributed by atoms with Crippen LogP contribution in [0.4, 0.5) is 0 Å². The van der Waals surface area contributed by atoms with Crippen LogP contribution in [0, 0.1) is 0 Å². The molecular weight excluding hydrogens is 240 g/mol. The summed E-state index contributed by atoms with van der Waals surface area (Å²) >= 11 is 0. The minimum absolute atomic E-state index is 0.0313. The number of carbonyl (C=O) groups is 2. The fraction of sp³-hybridized carbons (Fsp3) is 0.125. The predicted molar refractivity (Wildman–Crippen MR) is 73.2 cm³/mol. The van der Waals surface area contributed by atoms with Crippen molar-refractivity contribution >= 4 is 11.8 Å². The van der Waals surface area contributed by atoms with E-state index in [-0.39, 0.29) is 12.2 Å². The van der Waals surface area contributed by atoms with Gasteiger partial charge < -0.3 is 5.11 Å². The molecule has 0 aliphatic carbocycles. The number of aliphatic carboxylic acids is 1. The number of rotatable bonds is 4. The SMILES string of the molecule is CC(=O)c1ccc(-c2ccc(CC(=O)O)cc2)cc1. The van der Waals surface area contributed by atoms with Gasteiger partial charge in [-0.1, -0.05) is 48.5 Å². The maximum Gasteiger partial charge on any atom is 0.307 e. The zero-order chi connectivity index (χ0) is 13.8. The molecule has 0 aliphatic heterocycles. The lowest BCUT2D eigenvalue weighted by molar-refractivity contribution is -0.136. The van der Waals surface area contributed by atoms with Crippen molar-refractivity contribution in [2.24, 2.45) is 0 Å². The van der Waals surface area contributed by atoms with Crippen LogP contribution in [0.15, 0.2) is 48.5 Å². The molecule has 2 rings (SSSR count). The Morgan fingerprint density at radius 2 is 1.37 bits per heavy atom. The van der Waals surface area contributed by atoms with Crippen molar-refractivity contribution in [2.75, 3.05) is 0 Å². The summed E-state index contributed by atoms with van der Waals surface area (Å²) in [7, 11) is 0. The fourth-order valence-electron chi connectivity index (χ4n) is 1.89. The standard InChI is InChI=1S/C16H14O3/c1-11(17)13-6-8-15(9-7-13)14-4-2-12(3-5-14)10-16(18)19/h2-9H,10H2,1H3,(H,18,19). The third-order valence-corrected chi connectivity index (χ3v) is 2.93. The molecule has 0 aliphatic rings. The number of hydrogen-bond acceptors (Lipinski definition) is 2. The normalized spacial score (nSPS) is 10.2. The van der Waals surface area contributed by atoms with Gasteiger partial charge in [0.15, 0.2) is 5.78 Å². The number of carbonyl (C=O) groups excluding carboxylic acids is 1. The van der Waals surface area contributed by atoms with E-state index in [0.717, 1.165) is 16.7 Å². The lowest BCUT2D eigenvalue weighted by atomic mass is 10.0. The number of carboxylic acids is 1. The molecule has 0 amide bonds. The van der Waals surface area contributed by atoms with Crippen LogP contribution in [0.25, 0.3) is 11.1 Å². The Kier molecular flexibility index (Phi) is 3.76. The van der Waals surface area contributed by atoms with Gasteiger partial charge in [0.2, 0.25) is 0 Å². The summed E-state index contributed by atoms with van der Waals surface area (Å²) in [6.07, 6.45) is 0.0313. The Balaban J connectivity index is 2.22. The average molecular weight is 254 g/mol. The zero-order valence-corrected chi connectivity index (χ0v) is 10.6. The van der Waals surface area contributed by atoms with E-state index in [1.54, 1.807) is 12.1 Å². The number of hydrogen-bond donors (Lipinski definition) is 1. The molecule has 0 heterocycles. The molecule has 0 saturated carbocycles. The van der Waals surface area contributed by atoms with Crippen molar-refractivity contribution in [3.63, 3.8) is 0 Å². The van der Waals surface area contributed by atoms with Crippen LogP contribution in [0.1, 0.15) is 22.8 Å². The van der Waals surface area contributed by atoms with Gasteiger partial charge in [-0.3, -0.25) is 9.59 Å². The second kappa shape index (κ2) is 5.48. The first-order chi connectivity index (χ1) is 9.06. The van der Waals surface area contributed by atoms with Gasteiger partial charge in [0.25, 0.3) is 0 Å². The van der Waals surface area contributed by atoms with Crippen molar-refractivity contribution < 1.29 is 14.7 Å². The van der Waals surface area contributed by atoms with E-state index in [1.807, 2.05) is 36.4 Å². The highest BCUT2D eigenvalue weighted by atomic mass is 16.4. The largest absolute Gasteiger partial charge is 0.481 e.